The quantitative estimate of drug-likeness (QED) is 0.827. The maximum atomic E-state index is 12.1. The second-order valence-corrected chi connectivity index (χ2v) is 6.57. The molecule has 0 aliphatic rings. The van der Waals surface area contributed by atoms with Gasteiger partial charge in [-0.15, -0.1) is 0 Å². The van der Waals surface area contributed by atoms with Crippen LogP contribution in [0.1, 0.15) is 32.8 Å². The SMILES string of the molecule is CC(C)(C)OC(=O)n1ccc(N(CCC#N)Cc2ccccc2)c1. The summed E-state index contributed by atoms with van der Waals surface area (Å²) in [5.74, 6) is 0. The predicted octanol–water partition coefficient (Wildman–Crippen LogP) is 4.19. The van der Waals surface area contributed by atoms with Gasteiger partial charge in [0.1, 0.15) is 5.60 Å². The van der Waals surface area contributed by atoms with Crippen molar-refractivity contribution >= 4 is 11.8 Å². The summed E-state index contributed by atoms with van der Waals surface area (Å²) >= 11 is 0. The minimum atomic E-state index is -0.536. The van der Waals surface area contributed by atoms with E-state index < -0.39 is 11.7 Å². The van der Waals surface area contributed by atoms with Crippen molar-refractivity contribution in [2.45, 2.75) is 39.3 Å². The molecule has 5 nitrogen and oxygen atoms in total. The van der Waals surface area contributed by atoms with Gasteiger partial charge >= 0.3 is 6.09 Å². The number of nitriles is 1. The van der Waals surface area contributed by atoms with E-state index in [0.717, 1.165) is 11.3 Å². The van der Waals surface area contributed by atoms with E-state index in [9.17, 15) is 4.79 Å². The molecule has 0 fully saturated rings. The molecule has 0 atom stereocenters. The Morgan fingerprint density at radius 2 is 1.96 bits per heavy atom. The van der Waals surface area contributed by atoms with Gasteiger partial charge in [0.25, 0.3) is 0 Å². The Bertz CT molecular complexity index is 708. The molecule has 0 saturated carbocycles. The third-order valence-electron chi connectivity index (χ3n) is 3.36. The zero-order chi connectivity index (χ0) is 17.6. The summed E-state index contributed by atoms with van der Waals surface area (Å²) in [6.07, 6.45) is 3.45. The first-order valence-corrected chi connectivity index (χ1v) is 7.96. The summed E-state index contributed by atoms with van der Waals surface area (Å²) in [4.78, 5) is 14.2. The van der Waals surface area contributed by atoms with E-state index in [2.05, 4.69) is 11.0 Å². The van der Waals surface area contributed by atoms with Crippen LogP contribution in [0, 0.1) is 11.3 Å². The lowest BCUT2D eigenvalue weighted by Crippen LogP contribution is -2.27. The number of rotatable bonds is 5. The molecule has 5 heteroatoms. The van der Waals surface area contributed by atoms with Gasteiger partial charge in [0, 0.05) is 25.5 Å². The molecule has 0 radical (unpaired) electrons. The van der Waals surface area contributed by atoms with Crippen molar-refractivity contribution < 1.29 is 9.53 Å². The molecular formula is C19H23N3O2. The molecule has 1 heterocycles. The third kappa shape index (κ3) is 5.17. The predicted molar refractivity (Wildman–Crippen MR) is 93.8 cm³/mol. The van der Waals surface area contributed by atoms with Crippen molar-refractivity contribution in [2.75, 3.05) is 11.4 Å². The van der Waals surface area contributed by atoms with Crippen molar-refractivity contribution in [3.63, 3.8) is 0 Å². The summed E-state index contributed by atoms with van der Waals surface area (Å²) in [6.45, 7) is 6.79. The van der Waals surface area contributed by atoms with E-state index in [1.165, 1.54) is 4.57 Å². The molecule has 0 saturated heterocycles. The number of aromatic nitrogens is 1. The van der Waals surface area contributed by atoms with Crippen LogP contribution in [0.5, 0.6) is 0 Å². The maximum Gasteiger partial charge on any atom is 0.418 e. The fourth-order valence-corrected chi connectivity index (χ4v) is 2.29. The summed E-state index contributed by atoms with van der Waals surface area (Å²) in [5, 5.41) is 8.89. The Kier molecular flexibility index (Phi) is 5.64. The number of hydrogen-bond donors (Lipinski definition) is 0. The second-order valence-electron chi connectivity index (χ2n) is 6.57. The lowest BCUT2D eigenvalue weighted by atomic mass is 10.2. The highest BCUT2D eigenvalue weighted by molar-refractivity contribution is 5.72. The van der Waals surface area contributed by atoms with Gasteiger partial charge in [-0.3, -0.25) is 4.57 Å². The number of ether oxygens (including phenoxy) is 1. The third-order valence-corrected chi connectivity index (χ3v) is 3.36. The highest BCUT2D eigenvalue weighted by Crippen LogP contribution is 2.19. The zero-order valence-corrected chi connectivity index (χ0v) is 14.4. The van der Waals surface area contributed by atoms with Gasteiger partial charge < -0.3 is 9.64 Å². The number of hydrogen-bond acceptors (Lipinski definition) is 4. The zero-order valence-electron chi connectivity index (χ0n) is 14.4. The van der Waals surface area contributed by atoms with Gasteiger partial charge in [-0.1, -0.05) is 30.3 Å². The van der Waals surface area contributed by atoms with E-state index in [1.807, 2.05) is 57.2 Å². The molecule has 0 N–H and O–H groups in total. The summed E-state index contributed by atoms with van der Waals surface area (Å²) in [5.41, 5.74) is 1.51. The number of nitrogens with zero attached hydrogens (tertiary/aromatic N) is 3. The molecule has 0 bridgehead atoms. The molecule has 1 aromatic heterocycles. The van der Waals surface area contributed by atoms with Crippen molar-refractivity contribution in [3.8, 4) is 6.07 Å². The normalized spacial score (nSPS) is 10.9. The Hall–Kier alpha value is -2.74. The monoisotopic (exact) mass is 325 g/mol. The first kappa shape index (κ1) is 17.6. The summed E-state index contributed by atoms with van der Waals surface area (Å²) in [7, 11) is 0. The van der Waals surface area contributed by atoms with Gasteiger partial charge in [-0.05, 0) is 32.4 Å². The molecule has 0 unspecified atom stereocenters. The molecule has 1 aromatic carbocycles. The Labute approximate surface area is 143 Å². The molecule has 0 aliphatic heterocycles. The highest BCUT2D eigenvalue weighted by Gasteiger charge is 2.18. The van der Waals surface area contributed by atoms with Gasteiger partial charge in [-0.25, -0.2) is 4.79 Å². The lowest BCUT2D eigenvalue weighted by molar-refractivity contribution is 0.0537. The molecule has 0 spiro atoms. The Balaban J connectivity index is 2.15. The number of benzene rings is 1. The highest BCUT2D eigenvalue weighted by atomic mass is 16.6. The topological polar surface area (TPSA) is 58.3 Å². The molecule has 24 heavy (non-hydrogen) atoms. The van der Waals surface area contributed by atoms with Crippen LogP contribution < -0.4 is 4.90 Å². The Morgan fingerprint density at radius 3 is 2.58 bits per heavy atom. The maximum absolute atomic E-state index is 12.1. The van der Waals surface area contributed by atoms with Crippen LogP contribution in [0.15, 0.2) is 48.8 Å². The van der Waals surface area contributed by atoms with Crippen LogP contribution in [-0.4, -0.2) is 22.8 Å². The van der Waals surface area contributed by atoms with E-state index in [1.54, 1.807) is 12.4 Å². The smallest absolute Gasteiger partial charge is 0.418 e. The second kappa shape index (κ2) is 7.69. The molecular weight excluding hydrogens is 302 g/mol. The Morgan fingerprint density at radius 1 is 1.25 bits per heavy atom. The fourth-order valence-electron chi connectivity index (χ4n) is 2.29. The van der Waals surface area contributed by atoms with Crippen LogP contribution in [-0.2, 0) is 11.3 Å². The number of carbonyl (C=O) groups is 1. The average Bonchev–Trinajstić information content (AvgIpc) is 3.01. The van der Waals surface area contributed by atoms with Crippen LogP contribution in [0.25, 0.3) is 0 Å². The molecule has 2 rings (SSSR count). The van der Waals surface area contributed by atoms with Crippen molar-refractivity contribution in [1.29, 1.82) is 5.26 Å². The van der Waals surface area contributed by atoms with Crippen molar-refractivity contribution in [1.82, 2.24) is 4.57 Å². The van der Waals surface area contributed by atoms with E-state index >= 15 is 0 Å². The number of carbonyl (C=O) groups excluding carboxylic acids is 1. The fraction of sp³-hybridized carbons (Fsp3) is 0.368. The molecule has 2 aromatic rings. The first-order valence-electron chi connectivity index (χ1n) is 7.96. The largest absolute Gasteiger partial charge is 0.443 e. The average molecular weight is 325 g/mol. The van der Waals surface area contributed by atoms with E-state index in [0.29, 0.717) is 19.5 Å². The minimum Gasteiger partial charge on any atom is -0.443 e. The first-order chi connectivity index (χ1) is 11.4. The van der Waals surface area contributed by atoms with Crippen LogP contribution >= 0.6 is 0 Å². The standard InChI is InChI=1S/C19H23N3O2/c1-19(2,3)24-18(23)22-13-10-17(15-22)21(12-7-11-20)14-16-8-5-4-6-9-16/h4-6,8-10,13,15H,7,12,14H2,1-3H3. The van der Waals surface area contributed by atoms with Crippen LogP contribution in [0.4, 0.5) is 10.5 Å². The van der Waals surface area contributed by atoms with Crippen molar-refractivity contribution in [2.24, 2.45) is 0 Å². The van der Waals surface area contributed by atoms with Gasteiger partial charge in [0.2, 0.25) is 0 Å². The van der Waals surface area contributed by atoms with Crippen LogP contribution in [0.3, 0.4) is 0 Å². The van der Waals surface area contributed by atoms with Crippen LogP contribution in [0.2, 0.25) is 0 Å². The summed E-state index contributed by atoms with van der Waals surface area (Å²) in [6, 6.07) is 14.1. The van der Waals surface area contributed by atoms with E-state index in [4.69, 9.17) is 10.00 Å². The number of anilines is 1. The minimum absolute atomic E-state index is 0.409. The van der Waals surface area contributed by atoms with Crippen molar-refractivity contribution in [3.05, 3.63) is 54.4 Å². The molecule has 126 valence electrons. The van der Waals surface area contributed by atoms with E-state index in [-0.39, 0.29) is 0 Å². The molecule has 0 amide bonds. The molecule has 0 aliphatic carbocycles. The van der Waals surface area contributed by atoms with Gasteiger partial charge in [0.05, 0.1) is 18.2 Å². The summed E-state index contributed by atoms with van der Waals surface area (Å²) < 4.78 is 6.80. The van der Waals surface area contributed by atoms with Gasteiger partial charge in [-0.2, -0.15) is 5.26 Å². The van der Waals surface area contributed by atoms with Gasteiger partial charge in [0.15, 0.2) is 0 Å². The lowest BCUT2D eigenvalue weighted by Gasteiger charge is -2.23.